The van der Waals surface area contributed by atoms with Crippen molar-refractivity contribution in [2.24, 2.45) is 17.8 Å². The van der Waals surface area contributed by atoms with Crippen LogP contribution in [0.2, 0.25) is 6.32 Å². The fraction of sp³-hybridized carbons (Fsp3) is 0.556. The van der Waals surface area contributed by atoms with Crippen molar-refractivity contribution in [3.63, 3.8) is 0 Å². The molecule has 3 aliphatic rings. The van der Waals surface area contributed by atoms with Gasteiger partial charge in [0.05, 0.1) is 24.5 Å². The number of fused-ring (bicyclic) bond motifs is 3. The van der Waals surface area contributed by atoms with Gasteiger partial charge in [-0.3, -0.25) is 14.5 Å². The number of benzene rings is 1. The minimum atomic E-state index is -1.01. The Kier molecular flexibility index (Phi) is 8.14. The Morgan fingerprint density at radius 2 is 1.97 bits per heavy atom. The van der Waals surface area contributed by atoms with E-state index in [1.807, 2.05) is 19.1 Å². The third kappa shape index (κ3) is 5.25. The molecule has 1 aromatic carbocycles. The van der Waals surface area contributed by atoms with Crippen molar-refractivity contribution in [2.45, 2.75) is 64.8 Å². The Morgan fingerprint density at radius 1 is 1.17 bits per heavy atom. The van der Waals surface area contributed by atoms with Crippen LogP contribution >= 0.6 is 0 Å². The summed E-state index contributed by atoms with van der Waals surface area (Å²) < 4.78 is 5.98. The summed E-state index contributed by atoms with van der Waals surface area (Å²) in [7, 11) is -1.01. The van der Waals surface area contributed by atoms with Gasteiger partial charge < -0.3 is 19.9 Å². The van der Waals surface area contributed by atoms with Gasteiger partial charge in [-0.2, -0.15) is 0 Å². The number of carbonyl (C=O) groups is 2. The van der Waals surface area contributed by atoms with Crippen LogP contribution < -0.4 is 0 Å². The molecule has 7 nitrogen and oxygen atoms in total. The van der Waals surface area contributed by atoms with Crippen LogP contribution in [0.4, 0.5) is 0 Å². The molecule has 188 valence electrons. The molecule has 2 aliphatic heterocycles. The molecule has 8 heteroatoms. The maximum atomic E-state index is 13.3. The molecule has 0 saturated carbocycles. The zero-order valence-corrected chi connectivity index (χ0v) is 20.7. The second-order valence-corrected chi connectivity index (χ2v) is 9.99. The summed E-state index contributed by atoms with van der Waals surface area (Å²) in [6, 6.07) is 7.13. The first-order valence-electron chi connectivity index (χ1n) is 12.9. The van der Waals surface area contributed by atoms with Gasteiger partial charge in [0, 0.05) is 6.54 Å². The molecule has 0 unspecified atom stereocenters. The minimum absolute atomic E-state index is 0.148. The van der Waals surface area contributed by atoms with E-state index in [0.717, 1.165) is 36.0 Å². The smallest absolute Gasteiger partial charge is 0.455 e. The highest BCUT2D eigenvalue weighted by atomic mass is 16.5. The number of aliphatic hydroxyl groups is 1. The number of phenols is 1. The van der Waals surface area contributed by atoms with Gasteiger partial charge in [0.15, 0.2) is 0 Å². The first-order chi connectivity index (χ1) is 16.9. The lowest BCUT2D eigenvalue weighted by Crippen LogP contribution is -2.46. The number of aliphatic hydroxyl groups excluding tert-OH is 1. The van der Waals surface area contributed by atoms with E-state index in [4.69, 9.17) is 4.65 Å². The lowest BCUT2D eigenvalue weighted by Gasteiger charge is -2.43. The molecule has 2 heterocycles. The number of phenolic OH excluding ortho intramolecular Hbond substituents is 1. The number of allylic oxidation sites excluding steroid dienone is 1. The van der Waals surface area contributed by atoms with Gasteiger partial charge in [-0.05, 0) is 73.2 Å². The van der Waals surface area contributed by atoms with Gasteiger partial charge in [-0.25, -0.2) is 0 Å². The van der Waals surface area contributed by atoms with Crippen molar-refractivity contribution in [1.29, 1.82) is 0 Å². The maximum absolute atomic E-state index is 13.3. The van der Waals surface area contributed by atoms with Crippen LogP contribution in [-0.4, -0.2) is 58.3 Å². The van der Waals surface area contributed by atoms with Gasteiger partial charge in [-0.1, -0.05) is 44.1 Å². The molecule has 1 aromatic rings. The van der Waals surface area contributed by atoms with E-state index >= 15 is 0 Å². The summed E-state index contributed by atoms with van der Waals surface area (Å²) in [5.74, 6) is -1.32. The number of aromatic hydroxyl groups is 1. The molecule has 2 amide bonds. The van der Waals surface area contributed by atoms with E-state index in [2.05, 4.69) is 13.0 Å². The van der Waals surface area contributed by atoms with Crippen molar-refractivity contribution in [1.82, 2.24) is 4.90 Å². The summed E-state index contributed by atoms with van der Waals surface area (Å²) in [4.78, 5) is 27.6. The Morgan fingerprint density at radius 3 is 2.66 bits per heavy atom. The number of nitrogens with zero attached hydrogens (tertiary/aromatic N) is 1. The third-order valence-corrected chi connectivity index (χ3v) is 7.58. The monoisotopic (exact) mass is 481 g/mol. The first kappa shape index (κ1) is 25.7. The van der Waals surface area contributed by atoms with E-state index in [0.29, 0.717) is 25.8 Å². The predicted octanol–water partition coefficient (Wildman–Crippen LogP) is 3.56. The molecule has 2 saturated heterocycles. The second kappa shape index (κ2) is 11.1. The van der Waals surface area contributed by atoms with Gasteiger partial charge in [0.1, 0.15) is 5.75 Å². The van der Waals surface area contributed by atoms with E-state index in [1.54, 1.807) is 12.1 Å². The van der Waals surface area contributed by atoms with Crippen LogP contribution in [0.25, 0.3) is 6.08 Å². The van der Waals surface area contributed by atoms with Crippen LogP contribution in [0.1, 0.15) is 57.9 Å². The Labute approximate surface area is 207 Å². The maximum Gasteiger partial charge on any atom is 0.455 e. The summed E-state index contributed by atoms with van der Waals surface area (Å²) in [5, 5.41) is 30.6. The number of imide groups is 1. The van der Waals surface area contributed by atoms with E-state index in [9.17, 15) is 24.8 Å². The zero-order chi connectivity index (χ0) is 25.1. The number of amides is 2. The Bertz CT molecular complexity index is 1020. The standard InChI is InChI=1S/C27H36BNO6/c1-3-6-17(12-18-7-5-8-20(31)13-18)9-10-23-24-19(16-30)14-21-25(22(24)15-28(34)35-23)27(33)29(11-4-2)26(21)32/h5,7-8,12-13,21-23,25,30-31,34H,3-4,6,9-11,14-16H2,1-2H3/b17-12+/t21-,22+,23-,25-/m1/s1. The van der Waals surface area contributed by atoms with Crippen LogP contribution in [0.15, 0.2) is 41.0 Å². The highest BCUT2D eigenvalue weighted by Crippen LogP contribution is 2.50. The summed E-state index contributed by atoms with van der Waals surface area (Å²) in [6.45, 7) is 4.29. The average molecular weight is 481 g/mol. The van der Waals surface area contributed by atoms with Crippen molar-refractivity contribution in [2.75, 3.05) is 13.2 Å². The van der Waals surface area contributed by atoms with Gasteiger partial charge in [0.2, 0.25) is 11.8 Å². The summed E-state index contributed by atoms with van der Waals surface area (Å²) in [5.41, 5.74) is 3.82. The number of hydrogen-bond acceptors (Lipinski definition) is 6. The van der Waals surface area contributed by atoms with Gasteiger partial charge in [-0.15, -0.1) is 0 Å². The molecule has 0 radical (unpaired) electrons. The van der Waals surface area contributed by atoms with E-state index in [1.165, 1.54) is 10.5 Å². The Hall–Kier alpha value is -2.42. The first-order valence-corrected chi connectivity index (χ1v) is 12.9. The molecule has 1 aliphatic carbocycles. The second-order valence-electron chi connectivity index (χ2n) is 9.99. The number of hydrogen-bond donors (Lipinski definition) is 3. The topological polar surface area (TPSA) is 107 Å². The lowest BCUT2D eigenvalue weighted by atomic mass is 9.58. The molecule has 0 bridgehead atoms. The number of carbonyl (C=O) groups excluding carboxylic acids is 2. The minimum Gasteiger partial charge on any atom is -0.508 e. The fourth-order valence-corrected chi connectivity index (χ4v) is 6.18. The molecule has 4 rings (SSSR count). The van der Waals surface area contributed by atoms with Crippen molar-refractivity contribution >= 4 is 25.0 Å². The van der Waals surface area contributed by atoms with Crippen molar-refractivity contribution in [3.8, 4) is 5.75 Å². The SMILES string of the molecule is CCC/C(=C\c1cccc(O)c1)CC[C@H]1OB(O)C[C@H]2C1=C(CO)C[C@H]1C(=O)N(CCC)C(=O)[C@H]12. The van der Waals surface area contributed by atoms with Crippen LogP contribution in [0, 0.1) is 17.8 Å². The highest BCUT2D eigenvalue weighted by molar-refractivity contribution is 6.43. The molecule has 0 aromatic heterocycles. The molecular formula is C27H36BNO6. The van der Waals surface area contributed by atoms with E-state index < -0.39 is 25.1 Å². The molecule has 0 spiro atoms. The fourth-order valence-electron chi connectivity index (χ4n) is 6.18. The normalized spacial score (nSPS) is 26.9. The van der Waals surface area contributed by atoms with Crippen LogP contribution in [0.5, 0.6) is 5.75 Å². The van der Waals surface area contributed by atoms with Crippen LogP contribution in [-0.2, 0) is 14.2 Å². The number of likely N-dealkylation sites (tertiary alicyclic amines) is 1. The quantitative estimate of drug-likeness (QED) is 0.283. The van der Waals surface area contributed by atoms with E-state index in [-0.39, 0.29) is 36.4 Å². The van der Waals surface area contributed by atoms with Crippen molar-refractivity contribution < 1.29 is 29.5 Å². The Balaban J connectivity index is 1.59. The molecule has 4 atom stereocenters. The van der Waals surface area contributed by atoms with Crippen molar-refractivity contribution in [3.05, 3.63) is 46.5 Å². The molecule has 35 heavy (non-hydrogen) atoms. The molecular weight excluding hydrogens is 445 g/mol. The summed E-state index contributed by atoms with van der Waals surface area (Å²) in [6.07, 6.45) is 6.19. The highest BCUT2D eigenvalue weighted by Gasteiger charge is 2.56. The van der Waals surface area contributed by atoms with Gasteiger partial charge >= 0.3 is 7.12 Å². The third-order valence-electron chi connectivity index (χ3n) is 7.58. The lowest BCUT2D eigenvalue weighted by molar-refractivity contribution is -0.140. The van der Waals surface area contributed by atoms with Crippen LogP contribution in [0.3, 0.4) is 0 Å². The predicted molar refractivity (Wildman–Crippen MR) is 134 cm³/mol. The largest absolute Gasteiger partial charge is 0.508 e. The zero-order valence-electron chi connectivity index (χ0n) is 20.7. The average Bonchev–Trinajstić information content (AvgIpc) is 3.06. The molecule has 3 N–H and O–H groups in total. The van der Waals surface area contributed by atoms with Gasteiger partial charge in [0.25, 0.3) is 0 Å². The number of rotatable bonds is 9. The summed E-state index contributed by atoms with van der Waals surface area (Å²) >= 11 is 0. The molecule has 2 fully saturated rings.